The van der Waals surface area contributed by atoms with Gasteiger partial charge >= 0.3 is 0 Å². The molecular weight excluding hydrogens is 671 g/mol. The van der Waals surface area contributed by atoms with Gasteiger partial charge in [-0.3, -0.25) is 0 Å². The van der Waals surface area contributed by atoms with Crippen LogP contribution in [0.4, 0.5) is 0 Å². The Balaban J connectivity index is 1.12. The maximum Gasteiger partial charge on any atom is 0.135 e. The third-order valence-corrected chi connectivity index (χ3v) is 11.5. The van der Waals surface area contributed by atoms with E-state index < -0.39 is 0 Å². The van der Waals surface area contributed by atoms with Gasteiger partial charge in [-0.2, -0.15) is 5.26 Å². The predicted octanol–water partition coefficient (Wildman–Crippen LogP) is 14.2. The zero-order chi connectivity index (χ0) is 36.9. The van der Waals surface area contributed by atoms with Crippen molar-refractivity contribution in [1.82, 2.24) is 9.13 Å². The first kappa shape index (κ1) is 33.0. The third kappa shape index (κ3) is 5.67. The summed E-state index contributed by atoms with van der Waals surface area (Å²) in [5.41, 5.74) is 13.1. The summed E-state index contributed by atoms with van der Waals surface area (Å²) in [6.45, 7) is 2.28. The van der Waals surface area contributed by atoms with Gasteiger partial charge in [-0.25, -0.2) is 0 Å². The van der Waals surface area contributed by atoms with Crippen molar-refractivity contribution in [2.75, 3.05) is 0 Å². The smallest absolute Gasteiger partial charge is 0.135 e. The molecule has 0 unspecified atom stereocenters. The van der Waals surface area contributed by atoms with Crippen LogP contribution >= 0.6 is 0 Å². The average molecular weight is 712 g/mol. The molecule has 3 heterocycles. The molecule has 55 heavy (non-hydrogen) atoms. The summed E-state index contributed by atoms with van der Waals surface area (Å²) in [7, 11) is 0. The maximum atomic E-state index is 9.66. The Morgan fingerprint density at radius 1 is 0.473 bits per heavy atom. The maximum absolute atomic E-state index is 9.66. The number of unbranched alkanes of at least 4 members (excludes halogenated alkanes) is 5. The second-order valence-corrected chi connectivity index (χ2v) is 15.0. The van der Waals surface area contributed by atoms with Crippen LogP contribution < -0.4 is 0 Å². The molecule has 0 N–H and O–H groups in total. The molecule has 0 spiro atoms. The molecule has 266 valence electrons. The molecule has 4 heteroatoms. The number of furan rings is 1. The number of hydrogen-bond donors (Lipinski definition) is 0. The monoisotopic (exact) mass is 711 g/mol. The summed E-state index contributed by atoms with van der Waals surface area (Å²) in [5, 5.41) is 16.6. The number of aryl methyl sites for hydroxylation is 1. The molecule has 0 saturated carbocycles. The predicted molar refractivity (Wildman–Crippen MR) is 230 cm³/mol. The minimum Gasteiger partial charge on any atom is -0.456 e. The Bertz CT molecular complexity index is 3060. The largest absolute Gasteiger partial charge is 0.456 e. The Morgan fingerprint density at radius 2 is 1.07 bits per heavy atom. The molecule has 0 radical (unpaired) electrons. The van der Waals surface area contributed by atoms with Crippen molar-refractivity contribution in [3.05, 3.63) is 157 Å². The molecule has 7 aromatic carbocycles. The lowest BCUT2D eigenvalue weighted by Crippen LogP contribution is -1.97. The Labute approximate surface area is 320 Å². The minimum atomic E-state index is 0.663. The summed E-state index contributed by atoms with van der Waals surface area (Å²) in [4.78, 5) is 0. The van der Waals surface area contributed by atoms with Gasteiger partial charge < -0.3 is 13.6 Å². The molecule has 4 nitrogen and oxygen atoms in total. The number of aromatic nitrogens is 2. The average Bonchev–Trinajstić information content (AvgIpc) is 3.89. The van der Waals surface area contributed by atoms with E-state index in [9.17, 15) is 5.26 Å². The molecule has 0 aliphatic rings. The van der Waals surface area contributed by atoms with Crippen molar-refractivity contribution in [2.45, 2.75) is 51.9 Å². The highest BCUT2D eigenvalue weighted by atomic mass is 16.3. The number of nitrogens with zero attached hydrogens (tertiary/aromatic N) is 3. The molecule has 10 aromatic rings. The summed E-state index contributed by atoms with van der Waals surface area (Å²) in [6.07, 6.45) is 8.72. The van der Waals surface area contributed by atoms with Crippen LogP contribution in [0.25, 0.3) is 88.1 Å². The zero-order valence-electron chi connectivity index (χ0n) is 31.1. The van der Waals surface area contributed by atoms with E-state index in [4.69, 9.17) is 4.42 Å². The van der Waals surface area contributed by atoms with Crippen LogP contribution in [0.1, 0.15) is 56.6 Å². The van der Waals surface area contributed by atoms with E-state index in [1.165, 1.54) is 82.7 Å². The Hall–Kier alpha value is -6.57. The molecule has 0 fully saturated rings. The van der Waals surface area contributed by atoms with Gasteiger partial charge in [-0.15, -0.1) is 0 Å². The number of benzene rings is 7. The quantitative estimate of drug-likeness (QED) is 0.133. The lowest BCUT2D eigenvalue weighted by Gasteiger charge is -2.14. The number of fused-ring (bicyclic) bond motifs is 9. The molecule has 0 aliphatic carbocycles. The van der Waals surface area contributed by atoms with E-state index in [-0.39, 0.29) is 0 Å². The minimum absolute atomic E-state index is 0.663. The van der Waals surface area contributed by atoms with E-state index in [0.717, 1.165) is 55.9 Å². The van der Waals surface area contributed by atoms with Crippen molar-refractivity contribution >= 4 is 65.6 Å². The first-order valence-corrected chi connectivity index (χ1v) is 19.7. The number of rotatable bonds is 10. The van der Waals surface area contributed by atoms with Gasteiger partial charge in [0.2, 0.25) is 0 Å². The van der Waals surface area contributed by atoms with Gasteiger partial charge in [0.1, 0.15) is 11.2 Å². The van der Waals surface area contributed by atoms with Gasteiger partial charge in [0.05, 0.1) is 33.7 Å². The standard InChI is InChI=1S/C51H41N3O/c1-2-3-4-5-6-7-14-34-27-37(30-39(28-34)54-46-18-11-8-15-40(46)41-16-9-12-19-47(41)54)36-22-25-50-44(31-36)45-32-38(23-26-51(45)55-50)53-48-20-13-10-17-42(48)43-29-35(33-52)21-24-49(43)53/h8-13,15-32H,2-7,14H2,1H3. The molecule has 0 aliphatic heterocycles. The van der Waals surface area contributed by atoms with Crippen LogP contribution in [0.15, 0.2) is 150 Å². The molecule has 0 amide bonds. The Kier molecular flexibility index (Phi) is 8.22. The van der Waals surface area contributed by atoms with Crippen LogP contribution in [0.3, 0.4) is 0 Å². The normalized spacial score (nSPS) is 11.9. The Morgan fingerprint density at radius 3 is 1.78 bits per heavy atom. The van der Waals surface area contributed by atoms with Gasteiger partial charge in [0.15, 0.2) is 0 Å². The lowest BCUT2D eigenvalue weighted by atomic mass is 9.97. The summed E-state index contributed by atoms with van der Waals surface area (Å²) >= 11 is 0. The fourth-order valence-electron chi connectivity index (χ4n) is 8.83. The van der Waals surface area contributed by atoms with E-state index >= 15 is 0 Å². The lowest BCUT2D eigenvalue weighted by molar-refractivity contribution is 0.607. The number of hydrogen-bond acceptors (Lipinski definition) is 2. The van der Waals surface area contributed by atoms with Crippen LogP contribution in [-0.4, -0.2) is 9.13 Å². The van der Waals surface area contributed by atoms with Crippen molar-refractivity contribution in [2.24, 2.45) is 0 Å². The number of para-hydroxylation sites is 3. The SMILES string of the molecule is CCCCCCCCc1cc(-c2ccc3oc4ccc(-n5c6ccccc6c6cc(C#N)ccc65)cc4c3c2)cc(-n2c3ccccc3c3ccccc32)c1. The van der Waals surface area contributed by atoms with Gasteiger partial charge in [-0.1, -0.05) is 106 Å². The van der Waals surface area contributed by atoms with Crippen LogP contribution in [-0.2, 0) is 6.42 Å². The summed E-state index contributed by atoms with van der Waals surface area (Å²) in [5.74, 6) is 0. The molecule has 0 saturated heterocycles. The summed E-state index contributed by atoms with van der Waals surface area (Å²) < 4.78 is 11.2. The van der Waals surface area contributed by atoms with Gasteiger partial charge in [0.25, 0.3) is 0 Å². The fraction of sp³-hybridized carbons (Fsp3) is 0.157. The highest BCUT2D eigenvalue weighted by molar-refractivity contribution is 6.12. The summed E-state index contributed by atoms with van der Waals surface area (Å²) in [6, 6.07) is 54.6. The van der Waals surface area contributed by atoms with Crippen molar-refractivity contribution in [1.29, 1.82) is 5.26 Å². The van der Waals surface area contributed by atoms with Crippen LogP contribution in [0.5, 0.6) is 0 Å². The molecular formula is C51H41N3O. The number of nitriles is 1. The molecule has 3 aromatic heterocycles. The van der Waals surface area contributed by atoms with E-state index in [0.29, 0.717) is 5.56 Å². The van der Waals surface area contributed by atoms with Gasteiger partial charge in [-0.05, 0) is 108 Å². The van der Waals surface area contributed by atoms with Crippen LogP contribution in [0.2, 0.25) is 0 Å². The van der Waals surface area contributed by atoms with Crippen LogP contribution in [0, 0.1) is 11.3 Å². The molecule has 0 bridgehead atoms. The van der Waals surface area contributed by atoms with Crippen molar-refractivity contribution in [3.63, 3.8) is 0 Å². The third-order valence-electron chi connectivity index (χ3n) is 11.5. The van der Waals surface area contributed by atoms with Crippen molar-refractivity contribution < 1.29 is 4.42 Å². The second-order valence-electron chi connectivity index (χ2n) is 15.0. The zero-order valence-corrected chi connectivity index (χ0v) is 31.1. The highest BCUT2D eigenvalue weighted by Crippen LogP contribution is 2.39. The van der Waals surface area contributed by atoms with Crippen molar-refractivity contribution in [3.8, 4) is 28.6 Å². The highest BCUT2D eigenvalue weighted by Gasteiger charge is 2.17. The van der Waals surface area contributed by atoms with E-state index in [1.54, 1.807) is 0 Å². The fourth-order valence-corrected chi connectivity index (χ4v) is 8.83. The molecule has 0 atom stereocenters. The first-order valence-electron chi connectivity index (χ1n) is 19.7. The molecule has 10 rings (SSSR count). The van der Waals surface area contributed by atoms with E-state index in [1.807, 2.05) is 12.1 Å². The topological polar surface area (TPSA) is 46.8 Å². The second kappa shape index (κ2) is 13.7. The van der Waals surface area contributed by atoms with E-state index in [2.05, 4.69) is 156 Å². The first-order chi connectivity index (χ1) is 27.2. The van der Waals surface area contributed by atoms with Gasteiger partial charge in [0, 0.05) is 43.7 Å².